The Labute approximate surface area is 105 Å². The smallest absolute Gasteiger partial charge is 0.430 e. The van der Waals surface area contributed by atoms with Crippen LogP contribution in [0.3, 0.4) is 0 Å². The zero-order valence-corrected chi connectivity index (χ0v) is 10.1. The van der Waals surface area contributed by atoms with Crippen molar-refractivity contribution in [2.75, 3.05) is 38.7 Å². The number of carbonyl (C=O) groups is 1. The van der Waals surface area contributed by atoms with Crippen molar-refractivity contribution in [2.24, 2.45) is 0 Å². The third-order valence-corrected chi connectivity index (χ3v) is 2.37. The van der Waals surface area contributed by atoms with Crippen molar-refractivity contribution in [3.05, 3.63) is 18.3 Å². The molecule has 1 fully saturated rings. The normalized spacial score (nSPS) is 16.1. The molecule has 0 spiro atoms. The van der Waals surface area contributed by atoms with Crippen LogP contribution in [0.2, 0.25) is 0 Å². The highest BCUT2D eigenvalue weighted by atomic mass is 16.7. The van der Waals surface area contributed by atoms with Gasteiger partial charge in [-0.2, -0.15) is 0 Å². The Morgan fingerprint density at radius 3 is 2.83 bits per heavy atom. The summed E-state index contributed by atoms with van der Waals surface area (Å²) < 4.78 is 10.1. The van der Waals surface area contributed by atoms with Gasteiger partial charge in [0.15, 0.2) is 0 Å². The average molecular weight is 253 g/mol. The second-order valence-corrected chi connectivity index (χ2v) is 3.63. The predicted molar refractivity (Wildman–Crippen MR) is 63.3 cm³/mol. The van der Waals surface area contributed by atoms with E-state index in [0.29, 0.717) is 37.9 Å². The summed E-state index contributed by atoms with van der Waals surface area (Å²) in [6.45, 7) is 2.29. The standard InChI is InChI=1S/C11H15N3O4/c1-16-10-3-2-9(8-12-10)13-11(15)18-14-4-6-17-7-5-14/h2-3,8H,4-7H2,1H3,(H,13,15). The van der Waals surface area contributed by atoms with E-state index in [1.54, 1.807) is 17.2 Å². The molecule has 1 aromatic rings. The van der Waals surface area contributed by atoms with Gasteiger partial charge in [0.05, 0.1) is 45.3 Å². The van der Waals surface area contributed by atoms with E-state index in [9.17, 15) is 4.79 Å². The third kappa shape index (κ3) is 3.57. The van der Waals surface area contributed by atoms with Crippen molar-refractivity contribution in [1.29, 1.82) is 0 Å². The fourth-order valence-electron chi connectivity index (χ4n) is 1.47. The van der Waals surface area contributed by atoms with Gasteiger partial charge in [-0.3, -0.25) is 5.32 Å². The Kier molecular flexibility index (Phi) is 4.32. The lowest BCUT2D eigenvalue weighted by atomic mass is 10.4. The van der Waals surface area contributed by atoms with Crippen molar-refractivity contribution in [3.8, 4) is 5.88 Å². The maximum absolute atomic E-state index is 11.6. The van der Waals surface area contributed by atoms with Gasteiger partial charge >= 0.3 is 6.09 Å². The SMILES string of the molecule is COc1ccc(NC(=O)ON2CCOCC2)cn1. The molecular weight excluding hydrogens is 238 g/mol. The van der Waals surface area contributed by atoms with Gasteiger partial charge in [-0.25, -0.2) is 9.78 Å². The lowest BCUT2D eigenvalue weighted by Gasteiger charge is -2.24. The Bertz CT molecular complexity index is 390. The molecule has 7 nitrogen and oxygen atoms in total. The maximum atomic E-state index is 11.6. The van der Waals surface area contributed by atoms with Crippen LogP contribution in [0.5, 0.6) is 5.88 Å². The molecule has 0 atom stereocenters. The largest absolute Gasteiger partial charge is 0.481 e. The molecule has 18 heavy (non-hydrogen) atoms. The molecule has 98 valence electrons. The molecule has 0 unspecified atom stereocenters. The zero-order valence-electron chi connectivity index (χ0n) is 10.1. The number of aromatic nitrogens is 1. The number of anilines is 1. The van der Waals surface area contributed by atoms with E-state index in [0.717, 1.165) is 0 Å². The first-order valence-corrected chi connectivity index (χ1v) is 5.59. The van der Waals surface area contributed by atoms with E-state index in [1.807, 2.05) is 0 Å². The van der Waals surface area contributed by atoms with Crippen molar-refractivity contribution in [2.45, 2.75) is 0 Å². The molecular formula is C11H15N3O4. The molecule has 2 rings (SSSR count). The van der Waals surface area contributed by atoms with Gasteiger partial charge < -0.3 is 14.3 Å². The first-order chi connectivity index (χ1) is 8.78. The van der Waals surface area contributed by atoms with Gasteiger partial charge in [0.25, 0.3) is 0 Å². The number of ether oxygens (including phenoxy) is 2. The van der Waals surface area contributed by atoms with Crippen LogP contribution < -0.4 is 10.1 Å². The number of pyridine rings is 1. The number of carbonyl (C=O) groups excluding carboxylic acids is 1. The number of hydrogen-bond acceptors (Lipinski definition) is 6. The molecule has 1 N–H and O–H groups in total. The summed E-state index contributed by atoms with van der Waals surface area (Å²) in [6, 6.07) is 3.34. The highest BCUT2D eigenvalue weighted by molar-refractivity contribution is 5.84. The fraction of sp³-hybridized carbons (Fsp3) is 0.455. The summed E-state index contributed by atoms with van der Waals surface area (Å²) in [4.78, 5) is 20.6. The highest BCUT2D eigenvalue weighted by Crippen LogP contribution is 2.11. The summed E-state index contributed by atoms with van der Waals surface area (Å²) in [5, 5.41) is 4.14. The van der Waals surface area contributed by atoms with E-state index in [2.05, 4.69) is 10.3 Å². The molecule has 0 aromatic carbocycles. The molecule has 0 aliphatic carbocycles. The molecule has 1 aromatic heterocycles. The van der Waals surface area contributed by atoms with Crippen molar-refractivity contribution in [3.63, 3.8) is 0 Å². The van der Waals surface area contributed by atoms with Gasteiger partial charge in [-0.1, -0.05) is 0 Å². The van der Waals surface area contributed by atoms with Crippen LogP contribution in [0.1, 0.15) is 0 Å². The maximum Gasteiger partial charge on any atom is 0.430 e. The van der Waals surface area contributed by atoms with Crippen LogP contribution in [-0.4, -0.2) is 49.6 Å². The first kappa shape index (κ1) is 12.6. The molecule has 1 aliphatic heterocycles. The van der Waals surface area contributed by atoms with Gasteiger partial charge in [-0.15, -0.1) is 5.06 Å². The van der Waals surface area contributed by atoms with Crippen LogP contribution in [0, 0.1) is 0 Å². The monoisotopic (exact) mass is 253 g/mol. The summed E-state index contributed by atoms with van der Waals surface area (Å²) in [5.74, 6) is 0.488. The van der Waals surface area contributed by atoms with Crippen LogP contribution in [0.4, 0.5) is 10.5 Å². The second-order valence-electron chi connectivity index (χ2n) is 3.63. The second kappa shape index (κ2) is 6.18. The summed E-state index contributed by atoms with van der Waals surface area (Å²) in [6.07, 6.45) is 0.961. The van der Waals surface area contributed by atoms with Crippen molar-refractivity contribution >= 4 is 11.8 Å². The quantitative estimate of drug-likeness (QED) is 0.862. The summed E-state index contributed by atoms with van der Waals surface area (Å²) in [5.41, 5.74) is 0.550. The fourth-order valence-corrected chi connectivity index (χ4v) is 1.47. The Morgan fingerprint density at radius 1 is 1.44 bits per heavy atom. The minimum atomic E-state index is -0.538. The number of morpholine rings is 1. The zero-order chi connectivity index (χ0) is 12.8. The number of methoxy groups -OCH3 is 1. The first-order valence-electron chi connectivity index (χ1n) is 5.59. The minimum absolute atomic E-state index is 0.488. The number of hydroxylamine groups is 2. The minimum Gasteiger partial charge on any atom is -0.481 e. The molecule has 0 saturated carbocycles. The Hall–Kier alpha value is -1.86. The van der Waals surface area contributed by atoms with Crippen LogP contribution >= 0.6 is 0 Å². The van der Waals surface area contributed by atoms with Gasteiger partial charge in [0, 0.05) is 6.07 Å². The number of nitrogens with zero attached hydrogens (tertiary/aromatic N) is 2. The molecule has 0 bridgehead atoms. The summed E-state index contributed by atoms with van der Waals surface area (Å²) >= 11 is 0. The number of rotatable bonds is 3. The molecule has 0 radical (unpaired) electrons. The van der Waals surface area contributed by atoms with E-state index in [4.69, 9.17) is 14.3 Å². The van der Waals surface area contributed by atoms with Crippen molar-refractivity contribution < 1.29 is 19.1 Å². The molecule has 1 amide bonds. The molecule has 2 heterocycles. The number of nitrogens with one attached hydrogen (secondary N) is 1. The summed E-state index contributed by atoms with van der Waals surface area (Å²) in [7, 11) is 1.53. The highest BCUT2D eigenvalue weighted by Gasteiger charge is 2.15. The van der Waals surface area contributed by atoms with Crippen LogP contribution in [0.25, 0.3) is 0 Å². The number of amides is 1. The third-order valence-electron chi connectivity index (χ3n) is 2.37. The van der Waals surface area contributed by atoms with Crippen LogP contribution in [0.15, 0.2) is 18.3 Å². The Morgan fingerprint density at radius 2 is 2.22 bits per heavy atom. The average Bonchev–Trinajstić information content (AvgIpc) is 2.40. The van der Waals surface area contributed by atoms with Crippen LogP contribution in [-0.2, 0) is 9.57 Å². The molecule has 1 saturated heterocycles. The van der Waals surface area contributed by atoms with E-state index in [1.165, 1.54) is 13.3 Å². The lowest BCUT2D eigenvalue weighted by Crippen LogP contribution is -2.39. The van der Waals surface area contributed by atoms with Gasteiger partial charge in [0.2, 0.25) is 5.88 Å². The van der Waals surface area contributed by atoms with Crippen molar-refractivity contribution in [1.82, 2.24) is 10.0 Å². The lowest BCUT2D eigenvalue weighted by molar-refractivity contribution is -0.142. The van der Waals surface area contributed by atoms with E-state index < -0.39 is 6.09 Å². The topological polar surface area (TPSA) is 72.9 Å². The Balaban J connectivity index is 1.82. The molecule has 7 heteroatoms. The van der Waals surface area contributed by atoms with E-state index >= 15 is 0 Å². The predicted octanol–water partition coefficient (Wildman–Crippen LogP) is 0.886. The molecule has 1 aliphatic rings. The van der Waals surface area contributed by atoms with E-state index in [-0.39, 0.29) is 0 Å². The van der Waals surface area contributed by atoms with Gasteiger partial charge in [-0.05, 0) is 6.07 Å². The van der Waals surface area contributed by atoms with Gasteiger partial charge in [0.1, 0.15) is 0 Å². The number of hydrogen-bond donors (Lipinski definition) is 1.